The first-order chi connectivity index (χ1) is 13.4. The van der Waals surface area contributed by atoms with Gasteiger partial charge in [0, 0.05) is 43.7 Å². The molecule has 0 bridgehead atoms. The predicted octanol–water partition coefficient (Wildman–Crippen LogP) is 2.29. The third-order valence-corrected chi connectivity index (χ3v) is 3.76. The number of rotatable bonds is 6. The van der Waals surface area contributed by atoms with Gasteiger partial charge in [0.25, 0.3) is 0 Å². The molecule has 0 fully saturated rings. The van der Waals surface area contributed by atoms with Crippen LogP contribution in [-0.2, 0) is 11.3 Å². The summed E-state index contributed by atoms with van der Waals surface area (Å²) >= 11 is 0. The Balaban J connectivity index is 2.00. The average molecular weight is 391 g/mol. The van der Waals surface area contributed by atoms with Crippen molar-refractivity contribution in [2.24, 2.45) is 0 Å². The van der Waals surface area contributed by atoms with Crippen LogP contribution in [0.4, 0.5) is 30.6 Å². The van der Waals surface area contributed by atoms with Gasteiger partial charge in [0.1, 0.15) is 12.4 Å². The second-order valence-electron chi connectivity index (χ2n) is 5.65. The molecule has 2 heterocycles. The van der Waals surface area contributed by atoms with E-state index in [1.54, 1.807) is 25.4 Å². The van der Waals surface area contributed by atoms with Gasteiger partial charge in [-0.2, -0.15) is 4.98 Å². The standard InChI is InChI=1S/C17H16F3N7O/c1-21-13-5-9(3-4-23-13)16-25-17(26-27(16)8-14(28)22-2)24-10-6-11(18)15(20)12(19)7-10/h3-7H,8H2,1-2H3,(H,21,23)(H,22,28)(H,24,26). The Morgan fingerprint density at radius 1 is 1.14 bits per heavy atom. The number of benzene rings is 1. The van der Waals surface area contributed by atoms with Crippen molar-refractivity contribution < 1.29 is 18.0 Å². The van der Waals surface area contributed by atoms with Crippen molar-refractivity contribution in [2.45, 2.75) is 6.54 Å². The molecule has 3 N–H and O–H groups in total. The molecule has 1 aromatic carbocycles. The molecule has 0 aliphatic rings. The second kappa shape index (κ2) is 7.94. The minimum Gasteiger partial charge on any atom is -0.373 e. The first kappa shape index (κ1) is 19.1. The quantitative estimate of drug-likeness (QED) is 0.558. The topological polar surface area (TPSA) is 96.8 Å². The summed E-state index contributed by atoms with van der Waals surface area (Å²) in [5.41, 5.74) is 0.533. The number of likely N-dealkylation sites (N-methyl/N-ethyl adjacent to an activating group) is 1. The van der Waals surface area contributed by atoms with E-state index in [1.807, 2.05) is 0 Å². The van der Waals surface area contributed by atoms with Crippen molar-refractivity contribution in [2.75, 3.05) is 24.7 Å². The molecule has 0 radical (unpaired) electrons. The molecular weight excluding hydrogens is 375 g/mol. The molecule has 0 saturated heterocycles. The number of nitrogens with one attached hydrogen (secondary N) is 3. The molecular formula is C17H16F3N7O. The first-order valence-corrected chi connectivity index (χ1v) is 8.12. The van der Waals surface area contributed by atoms with Gasteiger partial charge in [0.2, 0.25) is 11.9 Å². The third-order valence-electron chi connectivity index (χ3n) is 3.76. The van der Waals surface area contributed by atoms with E-state index in [0.717, 1.165) is 12.1 Å². The molecule has 0 atom stereocenters. The molecule has 11 heteroatoms. The van der Waals surface area contributed by atoms with E-state index in [4.69, 9.17) is 0 Å². The summed E-state index contributed by atoms with van der Waals surface area (Å²) < 4.78 is 41.3. The molecule has 8 nitrogen and oxygen atoms in total. The van der Waals surface area contributed by atoms with E-state index in [-0.39, 0.29) is 24.1 Å². The number of carbonyl (C=O) groups is 1. The molecule has 3 aromatic rings. The van der Waals surface area contributed by atoms with Crippen LogP contribution in [0.25, 0.3) is 11.4 Å². The zero-order valence-corrected chi connectivity index (χ0v) is 14.9. The Bertz CT molecular complexity index is 999. The summed E-state index contributed by atoms with van der Waals surface area (Å²) in [6, 6.07) is 4.93. The van der Waals surface area contributed by atoms with Crippen LogP contribution in [0, 0.1) is 17.5 Å². The predicted molar refractivity (Wildman–Crippen MR) is 96.5 cm³/mol. The van der Waals surface area contributed by atoms with Crippen molar-refractivity contribution in [3.8, 4) is 11.4 Å². The van der Waals surface area contributed by atoms with Crippen molar-refractivity contribution >= 4 is 23.4 Å². The number of pyridine rings is 1. The number of anilines is 3. The lowest BCUT2D eigenvalue weighted by Gasteiger charge is -2.06. The number of hydrogen-bond acceptors (Lipinski definition) is 6. The van der Waals surface area contributed by atoms with Gasteiger partial charge in [-0.3, -0.25) is 4.79 Å². The Morgan fingerprint density at radius 2 is 1.86 bits per heavy atom. The van der Waals surface area contributed by atoms with Gasteiger partial charge in [-0.05, 0) is 12.1 Å². The fraction of sp³-hybridized carbons (Fsp3) is 0.176. The number of amides is 1. The highest BCUT2D eigenvalue weighted by Gasteiger charge is 2.17. The smallest absolute Gasteiger partial charge is 0.247 e. The van der Waals surface area contributed by atoms with E-state index in [0.29, 0.717) is 17.2 Å². The zero-order valence-electron chi connectivity index (χ0n) is 14.9. The van der Waals surface area contributed by atoms with Gasteiger partial charge in [-0.25, -0.2) is 22.8 Å². The van der Waals surface area contributed by atoms with Gasteiger partial charge in [0.15, 0.2) is 23.3 Å². The summed E-state index contributed by atoms with van der Waals surface area (Å²) in [6.07, 6.45) is 1.55. The van der Waals surface area contributed by atoms with E-state index < -0.39 is 17.5 Å². The monoisotopic (exact) mass is 391 g/mol. The highest BCUT2D eigenvalue weighted by atomic mass is 19.2. The van der Waals surface area contributed by atoms with Gasteiger partial charge in [0.05, 0.1) is 0 Å². The van der Waals surface area contributed by atoms with E-state index in [9.17, 15) is 18.0 Å². The molecule has 0 aliphatic heterocycles. The fourth-order valence-corrected chi connectivity index (χ4v) is 2.40. The van der Waals surface area contributed by atoms with Crippen molar-refractivity contribution in [1.82, 2.24) is 25.1 Å². The van der Waals surface area contributed by atoms with Gasteiger partial charge in [-0.15, -0.1) is 5.10 Å². The van der Waals surface area contributed by atoms with Crippen LogP contribution in [0.5, 0.6) is 0 Å². The van der Waals surface area contributed by atoms with Crippen LogP contribution < -0.4 is 16.0 Å². The molecule has 3 rings (SSSR count). The minimum atomic E-state index is -1.57. The Labute approximate surface area is 157 Å². The summed E-state index contributed by atoms with van der Waals surface area (Å²) in [5.74, 6) is -3.70. The zero-order chi connectivity index (χ0) is 20.3. The number of hydrogen-bond donors (Lipinski definition) is 3. The summed E-state index contributed by atoms with van der Waals surface area (Å²) in [5, 5.41) is 12.1. The molecule has 0 saturated carbocycles. The van der Waals surface area contributed by atoms with Crippen molar-refractivity contribution in [1.29, 1.82) is 0 Å². The molecule has 146 valence electrons. The van der Waals surface area contributed by atoms with E-state index in [1.165, 1.54) is 11.7 Å². The van der Waals surface area contributed by atoms with E-state index >= 15 is 0 Å². The Kier molecular flexibility index (Phi) is 5.43. The molecule has 1 amide bonds. The van der Waals surface area contributed by atoms with Crippen LogP contribution in [0.15, 0.2) is 30.5 Å². The molecule has 0 unspecified atom stereocenters. The maximum absolute atomic E-state index is 13.4. The highest BCUT2D eigenvalue weighted by Crippen LogP contribution is 2.24. The maximum Gasteiger partial charge on any atom is 0.247 e. The lowest BCUT2D eigenvalue weighted by Crippen LogP contribution is -2.24. The first-order valence-electron chi connectivity index (χ1n) is 8.12. The summed E-state index contributed by atoms with van der Waals surface area (Å²) in [4.78, 5) is 20.2. The molecule has 0 spiro atoms. The highest BCUT2D eigenvalue weighted by molar-refractivity contribution is 5.76. The Morgan fingerprint density at radius 3 is 2.50 bits per heavy atom. The van der Waals surface area contributed by atoms with Gasteiger partial charge in [-0.1, -0.05) is 0 Å². The molecule has 28 heavy (non-hydrogen) atoms. The lowest BCUT2D eigenvalue weighted by atomic mass is 10.2. The van der Waals surface area contributed by atoms with Crippen LogP contribution in [-0.4, -0.2) is 39.8 Å². The molecule has 2 aromatic heterocycles. The number of aromatic nitrogens is 4. The summed E-state index contributed by atoms with van der Waals surface area (Å²) in [7, 11) is 3.18. The van der Waals surface area contributed by atoms with Crippen molar-refractivity contribution in [3.05, 3.63) is 47.9 Å². The fourth-order valence-electron chi connectivity index (χ4n) is 2.40. The third kappa shape index (κ3) is 4.03. The lowest BCUT2D eigenvalue weighted by molar-refractivity contribution is -0.121. The van der Waals surface area contributed by atoms with Crippen LogP contribution in [0.2, 0.25) is 0 Å². The van der Waals surface area contributed by atoms with E-state index in [2.05, 4.69) is 31.0 Å². The number of halogens is 3. The molecule has 0 aliphatic carbocycles. The summed E-state index contributed by atoms with van der Waals surface area (Å²) in [6.45, 7) is -0.135. The minimum absolute atomic E-state index is 0.0212. The van der Waals surface area contributed by atoms with Crippen molar-refractivity contribution in [3.63, 3.8) is 0 Å². The average Bonchev–Trinajstić information content (AvgIpc) is 3.07. The maximum atomic E-state index is 13.4. The largest absolute Gasteiger partial charge is 0.373 e. The second-order valence-corrected chi connectivity index (χ2v) is 5.65. The van der Waals surface area contributed by atoms with Crippen LogP contribution in [0.1, 0.15) is 0 Å². The van der Waals surface area contributed by atoms with Crippen LogP contribution in [0.3, 0.4) is 0 Å². The number of nitrogens with zero attached hydrogens (tertiary/aromatic N) is 4. The SMILES string of the molecule is CNC(=O)Cn1nc(Nc2cc(F)c(F)c(F)c2)nc1-c1ccnc(NC)c1. The van der Waals surface area contributed by atoms with Gasteiger partial charge >= 0.3 is 0 Å². The number of carbonyl (C=O) groups excluding carboxylic acids is 1. The Hall–Kier alpha value is -3.63. The van der Waals surface area contributed by atoms with Crippen LogP contribution >= 0.6 is 0 Å². The normalized spacial score (nSPS) is 10.6. The van der Waals surface area contributed by atoms with Gasteiger partial charge < -0.3 is 16.0 Å².